The molecule has 160 valence electrons. The van der Waals surface area contributed by atoms with E-state index in [1.54, 1.807) is 12.1 Å². The SMILES string of the molecule is CC(C)c1ccc2c(c1)-c1ccccc1S(=O)(=O)N2CC(=O)NCCc1ccccc1. The van der Waals surface area contributed by atoms with Crippen molar-refractivity contribution < 1.29 is 13.2 Å². The second-order valence-electron chi connectivity index (χ2n) is 8.02. The molecule has 31 heavy (non-hydrogen) atoms. The number of nitrogens with one attached hydrogen (secondary N) is 1. The van der Waals surface area contributed by atoms with Gasteiger partial charge in [0.05, 0.1) is 10.6 Å². The Hall–Kier alpha value is -3.12. The fourth-order valence-corrected chi connectivity index (χ4v) is 5.50. The van der Waals surface area contributed by atoms with Crippen molar-refractivity contribution in [1.29, 1.82) is 0 Å². The Morgan fingerprint density at radius 3 is 2.39 bits per heavy atom. The van der Waals surface area contributed by atoms with E-state index < -0.39 is 10.0 Å². The zero-order valence-corrected chi connectivity index (χ0v) is 18.5. The van der Waals surface area contributed by atoms with Crippen LogP contribution in [0.1, 0.15) is 30.9 Å². The molecule has 0 unspecified atom stereocenters. The van der Waals surface area contributed by atoms with Gasteiger partial charge in [-0.2, -0.15) is 0 Å². The van der Waals surface area contributed by atoms with Crippen molar-refractivity contribution in [3.63, 3.8) is 0 Å². The smallest absolute Gasteiger partial charge is 0.265 e. The quantitative estimate of drug-likeness (QED) is 0.627. The standard InChI is InChI=1S/C25H26N2O3S/c1-18(2)20-12-13-23-22(16-20)21-10-6-7-11-24(21)31(29,30)27(23)17-25(28)26-15-14-19-8-4-3-5-9-19/h3-13,16,18H,14-15,17H2,1-2H3,(H,26,28). The normalized spacial score (nSPS) is 14.1. The third-order valence-corrected chi connectivity index (χ3v) is 7.39. The maximum atomic E-state index is 13.4. The molecular weight excluding hydrogens is 408 g/mol. The average molecular weight is 435 g/mol. The number of anilines is 1. The van der Waals surface area contributed by atoms with Crippen LogP contribution < -0.4 is 9.62 Å². The first kappa shape index (κ1) is 21.1. The van der Waals surface area contributed by atoms with E-state index in [9.17, 15) is 13.2 Å². The molecule has 1 heterocycles. The molecule has 0 radical (unpaired) electrons. The highest BCUT2D eigenvalue weighted by Gasteiger charge is 2.36. The minimum Gasteiger partial charge on any atom is -0.354 e. The minimum atomic E-state index is -3.83. The van der Waals surface area contributed by atoms with Crippen LogP contribution >= 0.6 is 0 Å². The third kappa shape index (κ3) is 4.21. The molecule has 0 aromatic heterocycles. The highest BCUT2D eigenvalue weighted by Crippen LogP contribution is 2.43. The van der Waals surface area contributed by atoms with Crippen molar-refractivity contribution in [1.82, 2.24) is 5.32 Å². The van der Waals surface area contributed by atoms with Crippen LogP contribution in [0.15, 0.2) is 77.7 Å². The zero-order chi connectivity index (χ0) is 22.0. The van der Waals surface area contributed by atoms with Gasteiger partial charge in [0.25, 0.3) is 10.0 Å². The first-order valence-electron chi connectivity index (χ1n) is 10.4. The van der Waals surface area contributed by atoms with Crippen molar-refractivity contribution in [2.45, 2.75) is 31.1 Å². The van der Waals surface area contributed by atoms with E-state index in [4.69, 9.17) is 0 Å². The Morgan fingerprint density at radius 2 is 1.65 bits per heavy atom. The zero-order valence-electron chi connectivity index (χ0n) is 17.7. The molecule has 0 saturated carbocycles. The Balaban J connectivity index is 1.61. The summed E-state index contributed by atoms with van der Waals surface area (Å²) in [5.74, 6) is -0.0106. The molecule has 1 N–H and O–H groups in total. The van der Waals surface area contributed by atoms with Crippen LogP contribution in [0.5, 0.6) is 0 Å². The lowest BCUT2D eigenvalue weighted by molar-refractivity contribution is -0.119. The lowest BCUT2D eigenvalue weighted by Crippen LogP contribution is -2.43. The van der Waals surface area contributed by atoms with Crippen LogP contribution in [0.2, 0.25) is 0 Å². The number of rotatable bonds is 6. The van der Waals surface area contributed by atoms with E-state index in [0.717, 1.165) is 16.7 Å². The largest absolute Gasteiger partial charge is 0.354 e. The lowest BCUT2D eigenvalue weighted by Gasteiger charge is -2.32. The average Bonchev–Trinajstić information content (AvgIpc) is 2.77. The van der Waals surface area contributed by atoms with Gasteiger partial charge < -0.3 is 5.32 Å². The molecule has 0 bridgehead atoms. The predicted octanol–water partition coefficient (Wildman–Crippen LogP) is 4.34. The Bertz CT molecular complexity index is 1200. The first-order chi connectivity index (χ1) is 14.9. The van der Waals surface area contributed by atoms with Crippen molar-refractivity contribution in [3.05, 3.63) is 83.9 Å². The molecule has 6 heteroatoms. The number of hydrogen-bond acceptors (Lipinski definition) is 3. The summed E-state index contributed by atoms with van der Waals surface area (Å²) in [4.78, 5) is 12.9. The second kappa shape index (κ2) is 8.55. The lowest BCUT2D eigenvalue weighted by atomic mass is 9.95. The Kier molecular flexibility index (Phi) is 5.83. The van der Waals surface area contributed by atoms with E-state index in [1.165, 1.54) is 4.31 Å². The number of sulfonamides is 1. The molecular formula is C25H26N2O3S. The summed E-state index contributed by atoms with van der Waals surface area (Å²) < 4.78 is 28.0. The molecule has 3 aromatic rings. The van der Waals surface area contributed by atoms with Gasteiger partial charge in [0, 0.05) is 17.7 Å². The number of benzene rings is 3. The van der Waals surface area contributed by atoms with Crippen molar-refractivity contribution in [2.75, 3.05) is 17.4 Å². The first-order valence-corrected chi connectivity index (χ1v) is 11.9. The number of fused-ring (bicyclic) bond motifs is 3. The second-order valence-corrected chi connectivity index (χ2v) is 9.86. The molecule has 1 aliphatic rings. The molecule has 3 aromatic carbocycles. The molecule has 0 spiro atoms. The third-order valence-electron chi connectivity index (χ3n) is 5.57. The van der Waals surface area contributed by atoms with Gasteiger partial charge in [0.2, 0.25) is 5.91 Å². The van der Waals surface area contributed by atoms with E-state index >= 15 is 0 Å². The summed E-state index contributed by atoms with van der Waals surface area (Å²) in [6.07, 6.45) is 0.691. The molecule has 0 fully saturated rings. The van der Waals surface area contributed by atoms with Crippen LogP contribution in [0.25, 0.3) is 11.1 Å². The van der Waals surface area contributed by atoms with Gasteiger partial charge in [0.15, 0.2) is 0 Å². The number of amides is 1. The molecule has 0 saturated heterocycles. The van der Waals surface area contributed by atoms with Crippen LogP contribution in [-0.2, 0) is 21.2 Å². The maximum absolute atomic E-state index is 13.4. The summed E-state index contributed by atoms with van der Waals surface area (Å²) >= 11 is 0. The Morgan fingerprint density at radius 1 is 0.935 bits per heavy atom. The van der Waals surface area contributed by atoms with E-state index in [0.29, 0.717) is 30.1 Å². The van der Waals surface area contributed by atoms with Gasteiger partial charge >= 0.3 is 0 Å². The van der Waals surface area contributed by atoms with Crippen molar-refractivity contribution in [2.24, 2.45) is 0 Å². The van der Waals surface area contributed by atoms with Crippen molar-refractivity contribution >= 4 is 21.6 Å². The van der Waals surface area contributed by atoms with E-state index in [-0.39, 0.29) is 17.3 Å². The van der Waals surface area contributed by atoms with Crippen LogP contribution in [0.3, 0.4) is 0 Å². The van der Waals surface area contributed by atoms with Gasteiger partial charge in [-0.15, -0.1) is 0 Å². The van der Waals surface area contributed by atoms with E-state index in [1.807, 2.05) is 60.7 Å². The highest BCUT2D eigenvalue weighted by atomic mass is 32.2. The number of carbonyl (C=O) groups is 1. The number of nitrogens with zero attached hydrogens (tertiary/aromatic N) is 1. The van der Waals surface area contributed by atoms with Crippen LogP contribution in [-0.4, -0.2) is 27.4 Å². The molecule has 5 nitrogen and oxygen atoms in total. The molecule has 0 aliphatic carbocycles. The summed E-state index contributed by atoms with van der Waals surface area (Å²) in [5, 5.41) is 2.86. The summed E-state index contributed by atoms with van der Waals surface area (Å²) in [5.41, 5.74) is 4.31. The minimum absolute atomic E-state index is 0.237. The summed E-state index contributed by atoms with van der Waals surface area (Å²) in [7, 11) is -3.83. The van der Waals surface area contributed by atoms with Gasteiger partial charge in [-0.05, 0) is 41.7 Å². The molecule has 4 rings (SSSR count). The van der Waals surface area contributed by atoms with Crippen LogP contribution in [0, 0.1) is 0 Å². The predicted molar refractivity (Wildman–Crippen MR) is 124 cm³/mol. The monoisotopic (exact) mass is 434 g/mol. The maximum Gasteiger partial charge on any atom is 0.265 e. The van der Waals surface area contributed by atoms with Gasteiger partial charge in [0.1, 0.15) is 6.54 Å². The van der Waals surface area contributed by atoms with Gasteiger partial charge in [-0.3, -0.25) is 9.10 Å². The highest BCUT2D eigenvalue weighted by molar-refractivity contribution is 7.93. The van der Waals surface area contributed by atoms with Gasteiger partial charge in [-0.25, -0.2) is 8.42 Å². The Labute approximate surface area is 183 Å². The number of carbonyl (C=O) groups excluding carboxylic acids is 1. The molecule has 0 atom stereocenters. The van der Waals surface area contributed by atoms with Gasteiger partial charge in [-0.1, -0.05) is 68.4 Å². The van der Waals surface area contributed by atoms with Crippen LogP contribution in [0.4, 0.5) is 5.69 Å². The van der Waals surface area contributed by atoms with E-state index in [2.05, 4.69) is 19.2 Å². The fraction of sp³-hybridized carbons (Fsp3) is 0.240. The molecule has 1 aliphatic heterocycles. The number of hydrogen-bond donors (Lipinski definition) is 1. The topological polar surface area (TPSA) is 66.5 Å². The summed E-state index contributed by atoms with van der Waals surface area (Å²) in [6, 6.07) is 22.6. The summed E-state index contributed by atoms with van der Waals surface area (Å²) in [6.45, 7) is 4.41. The fourth-order valence-electron chi connectivity index (χ4n) is 3.86. The van der Waals surface area contributed by atoms with Crippen molar-refractivity contribution in [3.8, 4) is 11.1 Å². The molecule has 1 amide bonds.